The van der Waals surface area contributed by atoms with Gasteiger partial charge in [-0.25, -0.2) is 0 Å². The largest absolute Gasteiger partial charge is 0.566 e. The van der Waals surface area contributed by atoms with E-state index in [9.17, 15) is 14.6 Å². The smallest absolute Gasteiger partial charge is 0.488 e. The first-order chi connectivity index (χ1) is 19.0. The van der Waals surface area contributed by atoms with Crippen LogP contribution in [-0.4, -0.2) is 60.3 Å². The van der Waals surface area contributed by atoms with Crippen LogP contribution >= 0.6 is 8.25 Å². The standard InChI is InChI=1S/C27H31N2O5P.C4H10/c30-25(21-33-26-14-8-7-13-24(26)20-34-35(31)32)19-28-15-17-29(18-16-28)27(22-9-3-1-4-10-22)23-11-5-2-6-12-23;1-3-4-2/h1-14,25,27,30H,15-21H2;3-4H2,1-2H3. The zero-order chi connectivity index (χ0) is 27.9. The van der Waals surface area contributed by atoms with Crippen LogP contribution in [0, 0.1) is 0 Å². The number of ether oxygens (including phenoxy) is 1. The Bertz CT molecular complexity index is 1050. The van der Waals surface area contributed by atoms with Crippen molar-refractivity contribution in [3.8, 4) is 5.75 Å². The molecule has 2 atom stereocenters. The van der Waals surface area contributed by atoms with Crippen molar-refractivity contribution in [2.75, 3.05) is 39.3 Å². The highest BCUT2D eigenvalue weighted by molar-refractivity contribution is 7.30. The summed E-state index contributed by atoms with van der Waals surface area (Å²) in [5, 5.41) is 10.6. The first kappa shape index (κ1) is 30.9. The first-order valence-corrected chi connectivity index (χ1v) is 14.8. The molecule has 2 unspecified atom stereocenters. The molecule has 210 valence electrons. The summed E-state index contributed by atoms with van der Waals surface area (Å²) in [4.78, 5) is 15.5. The third kappa shape index (κ3) is 10.5. The van der Waals surface area contributed by atoms with E-state index in [0.717, 1.165) is 26.2 Å². The number of aliphatic hydroxyl groups excluding tert-OH is 1. The minimum atomic E-state index is -2.92. The Labute approximate surface area is 234 Å². The molecule has 1 aliphatic heterocycles. The van der Waals surface area contributed by atoms with Gasteiger partial charge in [0.15, 0.2) is 0 Å². The highest BCUT2D eigenvalue weighted by Gasteiger charge is 2.27. The molecular formula is C31H41N2O5P. The van der Waals surface area contributed by atoms with E-state index in [4.69, 9.17) is 4.74 Å². The lowest BCUT2D eigenvalue weighted by Crippen LogP contribution is -2.50. The fourth-order valence-electron chi connectivity index (χ4n) is 4.51. The fraction of sp³-hybridized carbons (Fsp3) is 0.419. The van der Waals surface area contributed by atoms with Crippen molar-refractivity contribution in [1.82, 2.24) is 9.80 Å². The Balaban J connectivity index is 0.000000983. The molecule has 0 spiro atoms. The molecule has 0 bridgehead atoms. The van der Waals surface area contributed by atoms with Gasteiger partial charge in [-0.15, -0.1) is 4.52 Å². The van der Waals surface area contributed by atoms with Gasteiger partial charge in [-0.3, -0.25) is 9.80 Å². The van der Waals surface area contributed by atoms with Crippen LogP contribution in [-0.2, 0) is 15.7 Å². The lowest BCUT2D eigenvalue weighted by molar-refractivity contribution is -0.186. The number of β-amino-alcohol motifs (C(OH)–C–C–N with tert-alkyl or cyclic N) is 1. The van der Waals surface area contributed by atoms with Crippen LogP contribution in [0.2, 0.25) is 0 Å². The summed E-state index contributed by atoms with van der Waals surface area (Å²) in [7, 11) is -2.92. The molecule has 0 radical (unpaired) electrons. The molecule has 4 rings (SSSR count). The summed E-state index contributed by atoms with van der Waals surface area (Å²) < 4.78 is 21.2. The number of hydrogen-bond acceptors (Lipinski definition) is 7. The Morgan fingerprint density at radius 1 is 0.846 bits per heavy atom. The highest BCUT2D eigenvalue weighted by Crippen LogP contribution is 2.29. The summed E-state index contributed by atoms with van der Waals surface area (Å²) in [5.74, 6) is 0.516. The maximum atomic E-state index is 10.7. The lowest BCUT2D eigenvalue weighted by atomic mass is 9.96. The molecule has 8 heteroatoms. The van der Waals surface area contributed by atoms with Crippen LogP contribution in [0.1, 0.15) is 49.4 Å². The van der Waals surface area contributed by atoms with Crippen molar-refractivity contribution in [3.05, 3.63) is 102 Å². The number of unbranched alkanes of at least 4 members (excludes halogenated alkanes) is 1. The molecule has 1 N–H and O–H groups in total. The molecule has 1 saturated heterocycles. The van der Waals surface area contributed by atoms with E-state index in [2.05, 4.69) is 76.7 Å². The van der Waals surface area contributed by atoms with E-state index in [1.165, 1.54) is 24.0 Å². The minimum Gasteiger partial charge on any atom is -0.566 e. The van der Waals surface area contributed by atoms with E-state index in [1.807, 2.05) is 12.1 Å². The quantitative estimate of drug-likeness (QED) is 0.310. The van der Waals surface area contributed by atoms with Crippen molar-refractivity contribution in [1.29, 1.82) is 0 Å². The molecule has 7 nitrogen and oxygen atoms in total. The zero-order valence-electron chi connectivity index (χ0n) is 23.0. The van der Waals surface area contributed by atoms with Gasteiger partial charge in [0, 0.05) is 38.3 Å². The highest BCUT2D eigenvalue weighted by atomic mass is 31.1. The summed E-state index contributed by atoms with van der Waals surface area (Å²) in [6.45, 7) is 8.42. The van der Waals surface area contributed by atoms with Crippen LogP contribution in [0.5, 0.6) is 5.75 Å². The van der Waals surface area contributed by atoms with E-state index in [-0.39, 0.29) is 19.3 Å². The third-order valence-electron chi connectivity index (χ3n) is 6.70. The van der Waals surface area contributed by atoms with E-state index >= 15 is 0 Å². The fourth-order valence-corrected chi connectivity index (χ4v) is 4.76. The molecule has 3 aromatic rings. The molecule has 1 aliphatic rings. The number of rotatable bonds is 12. The van der Waals surface area contributed by atoms with Gasteiger partial charge in [0.05, 0.1) is 6.04 Å². The zero-order valence-corrected chi connectivity index (χ0v) is 23.9. The molecule has 0 aromatic heterocycles. The van der Waals surface area contributed by atoms with Gasteiger partial charge in [-0.1, -0.05) is 106 Å². The van der Waals surface area contributed by atoms with Gasteiger partial charge in [-0.05, 0) is 21.8 Å². The third-order valence-corrected chi connectivity index (χ3v) is 7.04. The molecule has 39 heavy (non-hydrogen) atoms. The van der Waals surface area contributed by atoms with Gasteiger partial charge in [0.1, 0.15) is 25.1 Å². The lowest BCUT2D eigenvalue weighted by Gasteiger charge is -2.40. The Kier molecular flexibility index (Phi) is 13.6. The average Bonchev–Trinajstić information content (AvgIpc) is 2.97. The predicted octanol–water partition coefficient (Wildman–Crippen LogP) is 5.17. The average molecular weight is 553 g/mol. The van der Waals surface area contributed by atoms with Gasteiger partial charge in [0.25, 0.3) is 0 Å². The van der Waals surface area contributed by atoms with Gasteiger partial charge >= 0.3 is 8.25 Å². The van der Waals surface area contributed by atoms with Gasteiger partial charge in [-0.2, -0.15) is 0 Å². The predicted molar refractivity (Wildman–Crippen MR) is 154 cm³/mol. The van der Waals surface area contributed by atoms with Crippen LogP contribution in [0.25, 0.3) is 0 Å². The molecule has 1 heterocycles. The number of aliphatic hydroxyl groups is 1. The topological polar surface area (TPSA) is 85.3 Å². The van der Waals surface area contributed by atoms with Crippen molar-refractivity contribution in [2.24, 2.45) is 0 Å². The molecule has 1 fully saturated rings. The number of benzene rings is 3. The maximum Gasteiger partial charge on any atom is 0.488 e. The second-order valence-corrected chi connectivity index (χ2v) is 10.3. The summed E-state index contributed by atoms with van der Waals surface area (Å²) in [6, 6.07) is 28.5. The Morgan fingerprint density at radius 3 is 1.92 bits per heavy atom. The number of piperazine rings is 1. The van der Waals surface area contributed by atoms with Crippen LogP contribution in [0.4, 0.5) is 0 Å². The Hall–Kier alpha value is -2.64. The molecule has 0 aliphatic carbocycles. The van der Waals surface area contributed by atoms with Crippen molar-refractivity contribution < 1.29 is 23.8 Å². The second kappa shape index (κ2) is 17.1. The van der Waals surface area contributed by atoms with Gasteiger partial charge < -0.3 is 14.7 Å². The summed E-state index contributed by atoms with van der Waals surface area (Å²) >= 11 is 0. The van der Waals surface area contributed by atoms with Crippen molar-refractivity contribution in [3.63, 3.8) is 0 Å². The second-order valence-electron chi connectivity index (χ2n) is 9.63. The Morgan fingerprint density at radius 2 is 1.38 bits per heavy atom. The minimum absolute atomic E-state index is 0.0864. The molecule has 0 amide bonds. The van der Waals surface area contributed by atoms with E-state index in [1.54, 1.807) is 24.3 Å². The first-order valence-electron chi connectivity index (χ1n) is 13.7. The maximum absolute atomic E-state index is 10.7. The molecule has 0 saturated carbocycles. The van der Waals surface area contributed by atoms with Crippen molar-refractivity contribution >= 4 is 8.25 Å². The number of hydrogen-bond donors (Lipinski definition) is 1. The number of para-hydroxylation sites is 1. The van der Waals surface area contributed by atoms with Gasteiger partial charge in [0.2, 0.25) is 0 Å². The van der Waals surface area contributed by atoms with E-state index in [0.29, 0.717) is 17.9 Å². The van der Waals surface area contributed by atoms with Crippen LogP contribution < -0.4 is 9.63 Å². The normalized spacial score (nSPS) is 15.4. The monoisotopic (exact) mass is 552 g/mol. The SMILES string of the molecule is CCCC.O=[P+]([O-])OCc1ccccc1OCC(O)CN1CCN(C(c2ccccc2)c2ccccc2)CC1. The molecule has 3 aromatic carbocycles. The van der Waals surface area contributed by atoms with Crippen LogP contribution in [0.15, 0.2) is 84.9 Å². The van der Waals surface area contributed by atoms with Crippen LogP contribution in [0.3, 0.4) is 0 Å². The van der Waals surface area contributed by atoms with Crippen molar-refractivity contribution in [2.45, 2.75) is 45.4 Å². The summed E-state index contributed by atoms with van der Waals surface area (Å²) in [6.07, 6.45) is 1.98. The van der Waals surface area contributed by atoms with E-state index < -0.39 is 14.4 Å². The summed E-state index contributed by atoms with van der Waals surface area (Å²) in [5.41, 5.74) is 3.19. The molecular weight excluding hydrogens is 511 g/mol. The number of nitrogens with zero attached hydrogens (tertiary/aromatic N) is 2.